The molecular formula is C22H32O4. The highest BCUT2D eigenvalue weighted by Gasteiger charge is 2.62. The van der Waals surface area contributed by atoms with Gasteiger partial charge in [-0.1, -0.05) is 52.0 Å². The molecular weight excluding hydrogens is 328 g/mol. The van der Waals surface area contributed by atoms with E-state index in [0.717, 1.165) is 49.7 Å². The van der Waals surface area contributed by atoms with Crippen molar-refractivity contribution in [3.8, 4) is 0 Å². The summed E-state index contributed by atoms with van der Waals surface area (Å²) in [6.45, 7) is 16.5. The predicted octanol–water partition coefficient (Wildman–Crippen LogP) is 4.91. The molecule has 4 aliphatic rings. The fourth-order valence-corrected chi connectivity index (χ4v) is 6.24. The summed E-state index contributed by atoms with van der Waals surface area (Å²) in [5.41, 5.74) is 0.822. The monoisotopic (exact) mass is 360 g/mol. The number of carboxylic acids is 2. The van der Waals surface area contributed by atoms with Crippen molar-refractivity contribution in [1.82, 2.24) is 0 Å². The molecule has 4 saturated carbocycles. The van der Waals surface area contributed by atoms with Crippen LogP contribution in [0.4, 0.5) is 0 Å². The Kier molecular flexibility index (Phi) is 4.03. The van der Waals surface area contributed by atoms with Crippen molar-refractivity contribution in [2.45, 2.75) is 66.2 Å². The van der Waals surface area contributed by atoms with Crippen molar-refractivity contribution in [3.63, 3.8) is 0 Å². The van der Waals surface area contributed by atoms with Gasteiger partial charge in [-0.15, -0.1) is 0 Å². The van der Waals surface area contributed by atoms with Gasteiger partial charge < -0.3 is 10.2 Å². The minimum absolute atomic E-state index is 0.0383. The maximum Gasteiger partial charge on any atom is 0.313 e. The van der Waals surface area contributed by atoms with Crippen molar-refractivity contribution in [1.29, 1.82) is 0 Å². The van der Waals surface area contributed by atoms with E-state index in [-0.39, 0.29) is 10.8 Å². The lowest BCUT2D eigenvalue weighted by molar-refractivity contribution is -0.147. The van der Waals surface area contributed by atoms with Gasteiger partial charge in [-0.25, -0.2) is 0 Å². The zero-order chi connectivity index (χ0) is 19.7. The minimum atomic E-state index is -0.662. The first-order valence-electron chi connectivity index (χ1n) is 9.69. The Morgan fingerprint density at radius 3 is 1.27 bits per heavy atom. The predicted molar refractivity (Wildman–Crippen MR) is 101 cm³/mol. The number of carboxylic acid groups (broad SMARTS) is 2. The summed E-state index contributed by atoms with van der Waals surface area (Å²) in [6.07, 6.45) is 5.34. The fourth-order valence-electron chi connectivity index (χ4n) is 6.24. The largest absolute Gasteiger partial charge is 0.481 e. The second-order valence-corrected chi connectivity index (χ2v) is 10.1. The molecule has 4 bridgehead atoms. The van der Waals surface area contributed by atoms with Crippen LogP contribution in [0.1, 0.15) is 66.2 Å². The Hall–Kier alpha value is -1.58. The Morgan fingerprint density at radius 1 is 0.808 bits per heavy atom. The molecule has 0 radical (unpaired) electrons. The van der Waals surface area contributed by atoms with Gasteiger partial charge in [-0.3, -0.25) is 9.59 Å². The molecule has 4 fully saturated rings. The quantitative estimate of drug-likeness (QED) is 0.686. The standard InChI is InChI=1S/2C11H16O2/c2*1-7-10(2,3)8-4-5-11(7,6-8)9(12)13/h2*8H,1,4-6H2,2-3H3,(H,12,13)/t2*8-,11-/m00/s1. The van der Waals surface area contributed by atoms with Crippen LogP contribution in [-0.2, 0) is 9.59 Å². The lowest BCUT2D eigenvalue weighted by Crippen LogP contribution is -2.33. The molecule has 2 N–H and O–H groups in total. The highest BCUT2D eigenvalue weighted by Crippen LogP contribution is 2.66. The van der Waals surface area contributed by atoms with Gasteiger partial charge >= 0.3 is 11.9 Å². The van der Waals surface area contributed by atoms with Crippen molar-refractivity contribution < 1.29 is 19.8 Å². The van der Waals surface area contributed by atoms with Gasteiger partial charge in [0.25, 0.3) is 0 Å². The third-order valence-corrected chi connectivity index (χ3v) is 8.60. The van der Waals surface area contributed by atoms with Crippen LogP contribution in [0.25, 0.3) is 0 Å². The molecule has 4 aliphatic carbocycles. The molecule has 4 atom stereocenters. The summed E-state index contributed by atoms with van der Waals surface area (Å²) in [5.74, 6) is -0.247. The molecule has 0 aliphatic heterocycles. The van der Waals surface area contributed by atoms with E-state index < -0.39 is 22.8 Å². The van der Waals surface area contributed by atoms with Crippen LogP contribution in [0.15, 0.2) is 24.3 Å². The molecule has 0 heterocycles. The highest BCUT2D eigenvalue weighted by atomic mass is 16.4. The van der Waals surface area contributed by atoms with E-state index in [4.69, 9.17) is 0 Å². The number of hydrogen-bond donors (Lipinski definition) is 2. The molecule has 0 spiro atoms. The summed E-state index contributed by atoms with van der Waals surface area (Å²) in [4.78, 5) is 22.4. The molecule has 4 nitrogen and oxygen atoms in total. The van der Waals surface area contributed by atoms with Crippen LogP contribution in [0.5, 0.6) is 0 Å². The van der Waals surface area contributed by atoms with Gasteiger partial charge in [-0.2, -0.15) is 0 Å². The van der Waals surface area contributed by atoms with E-state index in [1.54, 1.807) is 0 Å². The van der Waals surface area contributed by atoms with Gasteiger partial charge in [0.15, 0.2) is 0 Å². The van der Waals surface area contributed by atoms with Crippen LogP contribution in [0.3, 0.4) is 0 Å². The molecule has 0 aromatic heterocycles. The maximum atomic E-state index is 11.2. The van der Waals surface area contributed by atoms with E-state index in [1.807, 2.05) is 0 Å². The second kappa shape index (κ2) is 5.46. The van der Waals surface area contributed by atoms with Crippen LogP contribution >= 0.6 is 0 Å². The molecule has 144 valence electrons. The first-order chi connectivity index (χ1) is 11.8. The SMILES string of the molecule is C=C1C(C)(C)[C@H]2CC[C@]1(C(=O)O)C2.C=C1C(C)(C)[C@H]2CC[C@]1(C(=O)O)C2. The zero-order valence-corrected chi connectivity index (χ0v) is 16.5. The van der Waals surface area contributed by atoms with Crippen LogP contribution < -0.4 is 0 Å². The maximum absolute atomic E-state index is 11.2. The first kappa shape index (κ1) is 19.2. The van der Waals surface area contributed by atoms with Crippen molar-refractivity contribution in [2.75, 3.05) is 0 Å². The molecule has 0 unspecified atom stereocenters. The lowest BCUT2D eigenvalue weighted by atomic mass is 9.68. The van der Waals surface area contributed by atoms with E-state index in [1.165, 1.54) is 0 Å². The van der Waals surface area contributed by atoms with Crippen molar-refractivity contribution in [2.24, 2.45) is 33.5 Å². The summed E-state index contributed by atoms with van der Waals surface area (Å²) < 4.78 is 0. The number of carbonyl (C=O) groups is 2. The molecule has 4 rings (SSSR count). The molecule has 26 heavy (non-hydrogen) atoms. The second-order valence-electron chi connectivity index (χ2n) is 10.1. The molecule has 0 aromatic rings. The van der Waals surface area contributed by atoms with Gasteiger partial charge in [-0.05, 0) is 61.2 Å². The first-order valence-corrected chi connectivity index (χ1v) is 9.69. The Balaban J connectivity index is 0.000000151. The van der Waals surface area contributed by atoms with Crippen molar-refractivity contribution in [3.05, 3.63) is 24.3 Å². The zero-order valence-electron chi connectivity index (χ0n) is 16.5. The smallest absolute Gasteiger partial charge is 0.313 e. The Labute approximate surface area is 156 Å². The van der Waals surface area contributed by atoms with Crippen LogP contribution in [0, 0.1) is 33.5 Å². The fraction of sp³-hybridized carbons (Fsp3) is 0.727. The summed E-state index contributed by atoms with van der Waals surface area (Å²) in [5, 5.41) is 18.5. The third kappa shape index (κ3) is 2.20. The van der Waals surface area contributed by atoms with Gasteiger partial charge in [0, 0.05) is 0 Å². The van der Waals surface area contributed by atoms with Crippen molar-refractivity contribution >= 4 is 11.9 Å². The van der Waals surface area contributed by atoms with Gasteiger partial charge in [0.2, 0.25) is 0 Å². The third-order valence-electron chi connectivity index (χ3n) is 8.60. The van der Waals surface area contributed by atoms with Gasteiger partial charge in [0.05, 0.1) is 10.8 Å². The topological polar surface area (TPSA) is 74.6 Å². The van der Waals surface area contributed by atoms with E-state index in [2.05, 4.69) is 40.9 Å². The van der Waals surface area contributed by atoms with E-state index >= 15 is 0 Å². The minimum Gasteiger partial charge on any atom is -0.481 e. The van der Waals surface area contributed by atoms with Gasteiger partial charge in [0.1, 0.15) is 0 Å². The van der Waals surface area contributed by atoms with Crippen LogP contribution in [0.2, 0.25) is 0 Å². The highest BCUT2D eigenvalue weighted by molar-refractivity contribution is 5.81. The molecule has 0 amide bonds. The summed E-state index contributed by atoms with van der Waals surface area (Å²) in [6, 6.07) is 0. The summed E-state index contributed by atoms with van der Waals surface area (Å²) >= 11 is 0. The Bertz CT molecular complexity index is 641. The van der Waals surface area contributed by atoms with E-state index in [9.17, 15) is 19.8 Å². The van der Waals surface area contributed by atoms with Crippen LogP contribution in [-0.4, -0.2) is 22.2 Å². The lowest BCUT2D eigenvalue weighted by Gasteiger charge is -2.35. The number of rotatable bonds is 2. The normalized spacial score (nSPS) is 41.1. The Morgan fingerprint density at radius 2 is 1.12 bits per heavy atom. The number of aliphatic carboxylic acids is 2. The average molecular weight is 360 g/mol. The number of fused-ring (bicyclic) bond motifs is 4. The number of hydrogen-bond acceptors (Lipinski definition) is 2. The molecule has 0 aromatic carbocycles. The average Bonchev–Trinajstić information content (AvgIpc) is 3.26. The molecule has 4 heteroatoms. The summed E-state index contributed by atoms with van der Waals surface area (Å²) in [7, 11) is 0. The van der Waals surface area contributed by atoms with E-state index in [0.29, 0.717) is 11.8 Å². The molecule has 0 saturated heterocycles.